The fraction of sp³-hybridized carbons (Fsp3) is 0.357. The maximum absolute atomic E-state index is 11.2. The topological polar surface area (TPSA) is 90.4 Å². The molecule has 1 saturated heterocycles. The average Bonchev–Trinajstić information content (AvgIpc) is 2.53. The summed E-state index contributed by atoms with van der Waals surface area (Å²) in [5, 5.41) is 15.2. The van der Waals surface area contributed by atoms with Crippen LogP contribution in [0.1, 0.15) is 0 Å². The van der Waals surface area contributed by atoms with Crippen molar-refractivity contribution in [1.29, 1.82) is 0 Å². The van der Waals surface area contributed by atoms with E-state index in [2.05, 4.69) is 20.6 Å². The zero-order valence-electron chi connectivity index (χ0n) is 11.7. The maximum atomic E-state index is 11.2. The van der Waals surface area contributed by atoms with Gasteiger partial charge in [0.25, 0.3) is 0 Å². The van der Waals surface area contributed by atoms with Crippen molar-refractivity contribution in [2.45, 2.75) is 6.04 Å². The molecule has 0 aliphatic carbocycles. The number of aromatic nitrogens is 2. The predicted octanol–water partition coefficient (Wildman–Crippen LogP) is 0.534. The van der Waals surface area contributed by atoms with Crippen molar-refractivity contribution in [3.63, 3.8) is 0 Å². The Hall–Kier alpha value is -2.41. The standard InChI is InChI=1S/C14H17N5O2/c1-15-12-13(18-10-5-3-2-4-9(10)17-12)19-7-6-16-11(8-19)14(20)21/h2-5,11,16H,6-8H2,1H3,(H,15,17)(H,20,21)/t11-/m0/s1. The molecule has 1 fully saturated rings. The summed E-state index contributed by atoms with van der Waals surface area (Å²) in [6.07, 6.45) is 0. The molecule has 0 radical (unpaired) electrons. The summed E-state index contributed by atoms with van der Waals surface area (Å²) in [6.45, 7) is 1.68. The third kappa shape index (κ3) is 2.59. The van der Waals surface area contributed by atoms with Crippen LogP contribution in [-0.2, 0) is 4.79 Å². The van der Waals surface area contributed by atoms with Gasteiger partial charge < -0.3 is 20.6 Å². The Kier molecular flexibility index (Phi) is 3.57. The van der Waals surface area contributed by atoms with Crippen LogP contribution in [-0.4, -0.2) is 53.8 Å². The first-order chi connectivity index (χ1) is 10.2. The molecule has 1 aliphatic heterocycles. The number of nitrogens with one attached hydrogen (secondary N) is 2. The molecule has 110 valence electrons. The number of nitrogens with zero attached hydrogens (tertiary/aromatic N) is 3. The van der Waals surface area contributed by atoms with E-state index in [1.807, 2.05) is 29.2 Å². The molecule has 0 bridgehead atoms. The summed E-state index contributed by atoms with van der Waals surface area (Å²) < 4.78 is 0. The number of hydrogen-bond acceptors (Lipinski definition) is 6. The predicted molar refractivity (Wildman–Crippen MR) is 80.7 cm³/mol. The van der Waals surface area contributed by atoms with Crippen LogP contribution < -0.4 is 15.5 Å². The van der Waals surface area contributed by atoms with E-state index >= 15 is 0 Å². The first-order valence-corrected chi connectivity index (χ1v) is 6.84. The van der Waals surface area contributed by atoms with E-state index in [9.17, 15) is 4.79 Å². The maximum Gasteiger partial charge on any atom is 0.322 e. The summed E-state index contributed by atoms with van der Waals surface area (Å²) in [5.41, 5.74) is 1.62. The smallest absolute Gasteiger partial charge is 0.322 e. The summed E-state index contributed by atoms with van der Waals surface area (Å²) in [5.74, 6) is 0.517. The van der Waals surface area contributed by atoms with Gasteiger partial charge in [0.1, 0.15) is 6.04 Å². The average molecular weight is 287 g/mol. The Labute approximate surface area is 122 Å². The molecule has 2 aromatic rings. The molecule has 21 heavy (non-hydrogen) atoms. The number of fused-ring (bicyclic) bond motifs is 1. The zero-order chi connectivity index (χ0) is 14.8. The molecule has 2 heterocycles. The molecule has 3 rings (SSSR count). The number of carboxylic acid groups (broad SMARTS) is 1. The quantitative estimate of drug-likeness (QED) is 0.758. The summed E-state index contributed by atoms with van der Waals surface area (Å²) >= 11 is 0. The number of anilines is 2. The van der Waals surface area contributed by atoms with Crippen LogP contribution in [0.5, 0.6) is 0 Å². The van der Waals surface area contributed by atoms with Gasteiger partial charge in [-0.2, -0.15) is 0 Å². The molecule has 1 aromatic carbocycles. The van der Waals surface area contributed by atoms with Gasteiger partial charge in [-0.15, -0.1) is 0 Å². The van der Waals surface area contributed by atoms with Crippen LogP contribution in [0, 0.1) is 0 Å². The summed E-state index contributed by atoms with van der Waals surface area (Å²) in [6, 6.07) is 7.06. The molecule has 1 aromatic heterocycles. The zero-order valence-corrected chi connectivity index (χ0v) is 11.7. The van der Waals surface area contributed by atoms with Crippen LogP contribution >= 0.6 is 0 Å². The van der Waals surface area contributed by atoms with Gasteiger partial charge in [-0.3, -0.25) is 4.79 Å². The first-order valence-electron chi connectivity index (χ1n) is 6.84. The number of carboxylic acids is 1. The van der Waals surface area contributed by atoms with Gasteiger partial charge in [-0.25, -0.2) is 9.97 Å². The highest BCUT2D eigenvalue weighted by Gasteiger charge is 2.27. The van der Waals surface area contributed by atoms with Crippen molar-refractivity contribution in [3.8, 4) is 0 Å². The molecular weight excluding hydrogens is 270 g/mol. The van der Waals surface area contributed by atoms with Gasteiger partial charge in [-0.05, 0) is 12.1 Å². The molecule has 7 nitrogen and oxygen atoms in total. The number of carbonyl (C=O) groups is 1. The van der Waals surface area contributed by atoms with Crippen molar-refractivity contribution < 1.29 is 9.90 Å². The number of para-hydroxylation sites is 2. The van der Waals surface area contributed by atoms with E-state index in [1.165, 1.54) is 0 Å². The van der Waals surface area contributed by atoms with E-state index in [0.717, 1.165) is 11.0 Å². The van der Waals surface area contributed by atoms with Crippen molar-refractivity contribution >= 4 is 28.6 Å². The summed E-state index contributed by atoms with van der Waals surface area (Å²) in [4.78, 5) is 22.3. The molecular formula is C14H17N5O2. The lowest BCUT2D eigenvalue weighted by Crippen LogP contribution is -2.54. The Morgan fingerprint density at radius 3 is 2.76 bits per heavy atom. The van der Waals surface area contributed by atoms with E-state index in [-0.39, 0.29) is 0 Å². The molecule has 1 atom stereocenters. The second kappa shape index (κ2) is 5.53. The highest BCUT2D eigenvalue weighted by Crippen LogP contribution is 2.25. The van der Waals surface area contributed by atoms with Gasteiger partial charge >= 0.3 is 5.97 Å². The molecule has 0 spiro atoms. The number of aliphatic carboxylic acids is 1. The number of benzene rings is 1. The number of rotatable bonds is 3. The van der Waals surface area contributed by atoms with Gasteiger partial charge in [0.05, 0.1) is 11.0 Å². The molecule has 0 unspecified atom stereocenters. The van der Waals surface area contributed by atoms with Crippen LogP contribution in [0.4, 0.5) is 11.6 Å². The lowest BCUT2D eigenvalue weighted by molar-refractivity contribution is -0.139. The Morgan fingerprint density at radius 2 is 2.10 bits per heavy atom. The van der Waals surface area contributed by atoms with Gasteiger partial charge in [0.2, 0.25) is 0 Å². The second-order valence-corrected chi connectivity index (χ2v) is 4.93. The van der Waals surface area contributed by atoms with Crippen LogP contribution in [0.15, 0.2) is 24.3 Å². The Balaban J connectivity index is 2.00. The monoisotopic (exact) mass is 287 g/mol. The van der Waals surface area contributed by atoms with E-state index in [1.54, 1.807) is 7.05 Å². The van der Waals surface area contributed by atoms with Crippen LogP contribution in [0.25, 0.3) is 11.0 Å². The van der Waals surface area contributed by atoms with E-state index in [4.69, 9.17) is 5.11 Å². The second-order valence-electron chi connectivity index (χ2n) is 4.93. The fourth-order valence-electron chi connectivity index (χ4n) is 2.49. The Bertz CT molecular complexity index is 675. The molecule has 7 heteroatoms. The van der Waals surface area contributed by atoms with Crippen molar-refractivity contribution in [2.24, 2.45) is 0 Å². The third-order valence-corrected chi connectivity index (χ3v) is 3.56. The highest BCUT2D eigenvalue weighted by molar-refractivity contribution is 5.81. The van der Waals surface area contributed by atoms with Crippen molar-refractivity contribution in [3.05, 3.63) is 24.3 Å². The number of piperazine rings is 1. The largest absolute Gasteiger partial charge is 0.480 e. The fourth-order valence-corrected chi connectivity index (χ4v) is 2.49. The van der Waals surface area contributed by atoms with E-state index < -0.39 is 12.0 Å². The van der Waals surface area contributed by atoms with Crippen LogP contribution in [0.3, 0.4) is 0 Å². The van der Waals surface area contributed by atoms with Crippen molar-refractivity contribution in [2.75, 3.05) is 36.9 Å². The lowest BCUT2D eigenvalue weighted by Gasteiger charge is -2.33. The van der Waals surface area contributed by atoms with Crippen LogP contribution in [0.2, 0.25) is 0 Å². The SMILES string of the molecule is CNc1nc2ccccc2nc1N1CCN[C@H](C(=O)O)C1. The lowest BCUT2D eigenvalue weighted by atomic mass is 10.2. The molecule has 0 saturated carbocycles. The molecule has 0 amide bonds. The minimum absolute atomic E-state index is 0.372. The minimum Gasteiger partial charge on any atom is -0.480 e. The van der Waals surface area contributed by atoms with Crippen molar-refractivity contribution in [1.82, 2.24) is 15.3 Å². The normalized spacial score (nSPS) is 18.7. The molecule has 3 N–H and O–H groups in total. The summed E-state index contributed by atoms with van der Waals surface area (Å²) in [7, 11) is 1.79. The minimum atomic E-state index is -0.848. The van der Waals surface area contributed by atoms with Gasteiger partial charge in [-0.1, -0.05) is 12.1 Å². The third-order valence-electron chi connectivity index (χ3n) is 3.56. The first kappa shape index (κ1) is 13.6. The Morgan fingerprint density at radius 1 is 1.38 bits per heavy atom. The van der Waals surface area contributed by atoms with Gasteiger partial charge in [0, 0.05) is 26.7 Å². The molecule has 1 aliphatic rings. The highest BCUT2D eigenvalue weighted by atomic mass is 16.4. The van der Waals surface area contributed by atoms with Gasteiger partial charge in [0.15, 0.2) is 11.6 Å². The number of hydrogen-bond donors (Lipinski definition) is 3. The van der Waals surface area contributed by atoms with E-state index in [0.29, 0.717) is 31.3 Å².